The maximum absolute atomic E-state index is 12.7. The second-order valence-electron chi connectivity index (χ2n) is 5.11. The van der Waals surface area contributed by atoms with Gasteiger partial charge in [0.25, 0.3) is 0 Å². The van der Waals surface area contributed by atoms with Gasteiger partial charge in [0.1, 0.15) is 5.38 Å². The van der Waals surface area contributed by atoms with E-state index in [1.165, 1.54) is 12.1 Å². The molecule has 22 heavy (non-hydrogen) atoms. The van der Waals surface area contributed by atoms with Gasteiger partial charge in [-0.05, 0) is 30.2 Å². The van der Waals surface area contributed by atoms with Gasteiger partial charge in [0.2, 0.25) is 0 Å². The maximum atomic E-state index is 12.7. The third kappa shape index (κ3) is 4.10. The van der Waals surface area contributed by atoms with Crippen molar-refractivity contribution >= 4 is 17.4 Å². The van der Waals surface area contributed by atoms with Gasteiger partial charge in [0, 0.05) is 6.42 Å². The average Bonchev–Trinajstić information content (AvgIpc) is 2.48. The SMILES string of the molecule is Cc1ccc(CC(=O)C(Cl)c2cccc(C(F)(F)F)c2)cc1. The molecule has 1 atom stereocenters. The molecule has 0 fully saturated rings. The topological polar surface area (TPSA) is 17.1 Å². The molecule has 2 aromatic rings. The Morgan fingerprint density at radius 1 is 1.14 bits per heavy atom. The molecular weight excluding hydrogens is 313 g/mol. The van der Waals surface area contributed by atoms with E-state index >= 15 is 0 Å². The highest BCUT2D eigenvalue weighted by molar-refractivity contribution is 6.31. The van der Waals surface area contributed by atoms with Crippen LogP contribution in [0, 0.1) is 6.92 Å². The fraction of sp³-hybridized carbons (Fsp3) is 0.235. The van der Waals surface area contributed by atoms with Crippen LogP contribution in [-0.4, -0.2) is 5.78 Å². The number of benzene rings is 2. The first-order valence-electron chi connectivity index (χ1n) is 6.67. The zero-order chi connectivity index (χ0) is 16.3. The van der Waals surface area contributed by atoms with Crippen molar-refractivity contribution in [2.75, 3.05) is 0 Å². The highest BCUT2D eigenvalue weighted by Crippen LogP contribution is 2.32. The predicted molar refractivity (Wildman–Crippen MR) is 79.9 cm³/mol. The molecule has 5 heteroatoms. The number of carbonyl (C=O) groups is 1. The summed E-state index contributed by atoms with van der Waals surface area (Å²) in [5, 5.41) is -1.09. The van der Waals surface area contributed by atoms with E-state index < -0.39 is 17.1 Å². The van der Waals surface area contributed by atoms with Crippen LogP contribution in [0.3, 0.4) is 0 Å². The summed E-state index contributed by atoms with van der Waals surface area (Å²) in [6.45, 7) is 1.93. The van der Waals surface area contributed by atoms with Crippen LogP contribution in [0.2, 0.25) is 0 Å². The molecule has 0 aliphatic rings. The van der Waals surface area contributed by atoms with Gasteiger partial charge in [-0.1, -0.05) is 42.0 Å². The molecule has 0 aromatic heterocycles. The van der Waals surface area contributed by atoms with Crippen molar-refractivity contribution in [2.45, 2.75) is 24.9 Å². The molecule has 0 saturated heterocycles. The molecule has 0 radical (unpaired) electrons. The molecule has 0 aliphatic heterocycles. The van der Waals surface area contributed by atoms with Crippen molar-refractivity contribution in [2.24, 2.45) is 0 Å². The molecule has 0 saturated carbocycles. The standard InChI is InChI=1S/C17H14ClF3O/c1-11-5-7-12(8-6-11)9-15(22)16(18)13-3-2-4-14(10-13)17(19,20)21/h2-8,10,16H,9H2,1H3. The van der Waals surface area contributed by atoms with Crippen molar-refractivity contribution in [3.63, 3.8) is 0 Å². The molecule has 1 unspecified atom stereocenters. The number of rotatable bonds is 4. The second-order valence-corrected chi connectivity index (χ2v) is 5.55. The monoisotopic (exact) mass is 326 g/mol. The Kier molecular flexibility index (Phi) is 4.91. The van der Waals surface area contributed by atoms with Crippen molar-refractivity contribution in [1.82, 2.24) is 0 Å². The second kappa shape index (κ2) is 6.53. The van der Waals surface area contributed by atoms with E-state index in [0.717, 1.165) is 23.3 Å². The lowest BCUT2D eigenvalue weighted by Gasteiger charge is -2.12. The molecular formula is C17H14ClF3O. The Labute approximate surface area is 131 Å². The largest absolute Gasteiger partial charge is 0.416 e. The fourth-order valence-electron chi connectivity index (χ4n) is 2.06. The lowest BCUT2D eigenvalue weighted by atomic mass is 10.00. The normalized spacial score (nSPS) is 13.0. The first-order valence-corrected chi connectivity index (χ1v) is 7.10. The summed E-state index contributed by atoms with van der Waals surface area (Å²) in [5.74, 6) is -0.329. The molecule has 1 nitrogen and oxygen atoms in total. The van der Waals surface area contributed by atoms with E-state index in [4.69, 9.17) is 11.6 Å². The zero-order valence-corrected chi connectivity index (χ0v) is 12.6. The first-order chi connectivity index (χ1) is 10.3. The third-order valence-corrected chi connectivity index (χ3v) is 3.78. The van der Waals surface area contributed by atoms with Gasteiger partial charge in [0.15, 0.2) is 5.78 Å². The van der Waals surface area contributed by atoms with Crippen molar-refractivity contribution in [3.8, 4) is 0 Å². The summed E-state index contributed by atoms with van der Waals surface area (Å²) in [5.41, 5.74) is 1.21. The van der Waals surface area contributed by atoms with E-state index in [0.29, 0.717) is 0 Å². The number of hydrogen-bond donors (Lipinski definition) is 0. The number of Topliss-reactive ketones (excluding diaryl/α,β-unsaturated/α-hetero) is 1. The van der Waals surface area contributed by atoms with E-state index in [2.05, 4.69) is 0 Å². The Morgan fingerprint density at radius 2 is 1.77 bits per heavy atom. The number of halogens is 4. The highest BCUT2D eigenvalue weighted by Gasteiger charge is 2.31. The van der Waals surface area contributed by atoms with Gasteiger partial charge in [-0.2, -0.15) is 13.2 Å². The van der Waals surface area contributed by atoms with E-state index in [1.54, 1.807) is 0 Å². The molecule has 0 aliphatic carbocycles. The van der Waals surface area contributed by atoms with Crippen LogP contribution in [0.1, 0.15) is 27.6 Å². The summed E-state index contributed by atoms with van der Waals surface area (Å²) in [4.78, 5) is 12.1. The lowest BCUT2D eigenvalue weighted by Crippen LogP contribution is -2.12. The summed E-state index contributed by atoms with van der Waals surface area (Å²) >= 11 is 6.04. The molecule has 0 spiro atoms. The Balaban J connectivity index is 2.15. The molecule has 116 valence electrons. The molecule has 0 heterocycles. The number of hydrogen-bond acceptors (Lipinski definition) is 1. The number of carbonyl (C=O) groups excluding carboxylic acids is 1. The molecule has 0 N–H and O–H groups in total. The minimum atomic E-state index is -4.45. The van der Waals surface area contributed by atoms with Gasteiger partial charge in [0.05, 0.1) is 5.56 Å². The Hall–Kier alpha value is -1.81. The van der Waals surface area contributed by atoms with Gasteiger partial charge in [-0.15, -0.1) is 11.6 Å². The smallest absolute Gasteiger partial charge is 0.297 e. The minimum Gasteiger partial charge on any atom is -0.297 e. The minimum absolute atomic E-state index is 0.0880. The number of alkyl halides is 4. The van der Waals surface area contributed by atoms with Crippen LogP contribution >= 0.6 is 11.6 Å². The molecule has 2 rings (SSSR count). The van der Waals surface area contributed by atoms with Crippen LogP contribution in [0.25, 0.3) is 0 Å². The van der Waals surface area contributed by atoms with E-state index in [-0.39, 0.29) is 17.8 Å². The lowest BCUT2D eigenvalue weighted by molar-refractivity contribution is -0.137. The highest BCUT2D eigenvalue weighted by atomic mass is 35.5. The van der Waals surface area contributed by atoms with Crippen LogP contribution in [0.15, 0.2) is 48.5 Å². The van der Waals surface area contributed by atoms with Crippen LogP contribution in [0.4, 0.5) is 13.2 Å². The van der Waals surface area contributed by atoms with Crippen molar-refractivity contribution in [1.29, 1.82) is 0 Å². The molecule has 0 bridgehead atoms. The number of aryl methyl sites for hydroxylation is 1. The Bertz CT molecular complexity index is 662. The molecule has 0 amide bonds. The number of ketones is 1. The Morgan fingerprint density at radius 3 is 2.36 bits per heavy atom. The van der Waals surface area contributed by atoms with Crippen molar-refractivity contribution in [3.05, 3.63) is 70.8 Å². The van der Waals surface area contributed by atoms with Gasteiger partial charge in [-0.3, -0.25) is 4.79 Å². The predicted octanol–water partition coefficient (Wildman–Crippen LogP) is 5.11. The summed E-state index contributed by atoms with van der Waals surface area (Å²) in [6, 6.07) is 11.9. The quantitative estimate of drug-likeness (QED) is 0.714. The average molecular weight is 327 g/mol. The summed E-state index contributed by atoms with van der Waals surface area (Å²) < 4.78 is 38.1. The zero-order valence-electron chi connectivity index (χ0n) is 11.8. The van der Waals surface area contributed by atoms with Crippen LogP contribution in [0.5, 0.6) is 0 Å². The van der Waals surface area contributed by atoms with Crippen LogP contribution in [-0.2, 0) is 17.4 Å². The van der Waals surface area contributed by atoms with Crippen molar-refractivity contribution < 1.29 is 18.0 Å². The molecule has 2 aromatic carbocycles. The van der Waals surface area contributed by atoms with Gasteiger partial charge < -0.3 is 0 Å². The third-order valence-electron chi connectivity index (χ3n) is 3.29. The van der Waals surface area contributed by atoms with Gasteiger partial charge in [-0.25, -0.2) is 0 Å². The van der Waals surface area contributed by atoms with E-state index in [9.17, 15) is 18.0 Å². The summed E-state index contributed by atoms with van der Waals surface area (Å²) in [7, 11) is 0. The van der Waals surface area contributed by atoms with Crippen LogP contribution < -0.4 is 0 Å². The fourth-order valence-corrected chi connectivity index (χ4v) is 2.27. The maximum Gasteiger partial charge on any atom is 0.416 e. The van der Waals surface area contributed by atoms with E-state index in [1.807, 2.05) is 31.2 Å². The van der Waals surface area contributed by atoms with Gasteiger partial charge >= 0.3 is 6.18 Å². The summed E-state index contributed by atoms with van der Waals surface area (Å²) in [6.07, 6.45) is -4.36. The first kappa shape index (κ1) is 16.6.